The minimum atomic E-state index is -0.0558. The third kappa shape index (κ3) is 4.18. The number of nitrogens with zero attached hydrogens (tertiary/aromatic N) is 1. The van der Waals surface area contributed by atoms with Gasteiger partial charge in [-0.05, 0) is 50.7 Å². The van der Waals surface area contributed by atoms with E-state index in [1.54, 1.807) is 0 Å². The summed E-state index contributed by atoms with van der Waals surface area (Å²) in [7, 11) is 0. The fourth-order valence-electron chi connectivity index (χ4n) is 3.05. The van der Waals surface area contributed by atoms with Crippen molar-refractivity contribution in [3.05, 3.63) is 35.9 Å². The van der Waals surface area contributed by atoms with Crippen LogP contribution in [0.4, 0.5) is 0 Å². The Bertz CT molecular complexity index is 846. The van der Waals surface area contributed by atoms with Crippen molar-refractivity contribution in [2.75, 3.05) is 5.75 Å². The molecule has 4 rings (SSSR count). The highest BCUT2D eigenvalue weighted by Crippen LogP contribution is 2.32. The Kier molecular flexibility index (Phi) is 4.85. The summed E-state index contributed by atoms with van der Waals surface area (Å²) >= 11 is 1.38. The number of pyridine rings is 1. The number of benzene rings is 1. The number of para-hydroxylation sites is 1. The van der Waals surface area contributed by atoms with Gasteiger partial charge in [-0.3, -0.25) is 9.59 Å². The molecule has 2 saturated carbocycles. The van der Waals surface area contributed by atoms with E-state index in [2.05, 4.69) is 22.5 Å². The Labute approximate surface area is 157 Å². The molecule has 0 aliphatic heterocycles. The van der Waals surface area contributed by atoms with Crippen molar-refractivity contribution in [2.45, 2.75) is 49.7 Å². The molecular formula is C20H23N3O2S. The Balaban J connectivity index is 1.49. The minimum absolute atomic E-state index is 0.0216. The van der Waals surface area contributed by atoms with Gasteiger partial charge in [-0.25, -0.2) is 4.98 Å². The average molecular weight is 369 g/mol. The van der Waals surface area contributed by atoms with E-state index in [-0.39, 0.29) is 17.9 Å². The molecule has 2 aliphatic carbocycles. The van der Waals surface area contributed by atoms with Crippen LogP contribution in [0.1, 0.15) is 43.0 Å². The summed E-state index contributed by atoms with van der Waals surface area (Å²) in [5.41, 5.74) is 1.42. The van der Waals surface area contributed by atoms with E-state index in [1.807, 2.05) is 30.3 Å². The highest BCUT2D eigenvalue weighted by Gasteiger charge is 2.29. The Morgan fingerprint density at radius 3 is 2.73 bits per heavy atom. The molecule has 6 heteroatoms. The van der Waals surface area contributed by atoms with Gasteiger partial charge in [0.05, 0.1) is 21.9 Å². The van der Waals surface area contributed by atoms with Gasteiger partial charge in [0.1, 0.15) is 0 Å². The van der Waals surface area contributed by atoms with Gasteiger partial charge >= 0.3 is 0 Å². The predicted molar refractivity (Wildman–Crippen MR) is 103 cm³/mol. The molecule has 2 fully saturated rings. The third-order valence-electron chi connectivity index (χ3n) is 4.92. The topological polar surface area (TPSA) is 71.1 Å². The highest BCUT2D eigenvalue weighted by atomic mass is 32.2. The first-order valence-corrected chi connectivity index (χ1v) is 10.2. The first-order chi connectivity index (χ1) is 12.6. The van der Waals surface area contributed by atoms with Gasteiger partial charge in [-0.2, -0.15) is 0 Å². The molecular weight excluding hydrogens is 346 g/mol. The number of thioether (sulfide) groups is 1. The summed E-state index contributed by atoms with van der Waals surface area (Å²) in [4.78, 5) is 29.4. The van der Waals surface area contributed by atoms with Gasteiger partial charge in [0, 0.05) is 17.5 Å². The second kappa shape index (κ2) is 7.27. The maximum atomic E-state index is 12.6. The number of aromatic nitrogens is 1. The van der Waals surface area contributed by atoms with Gasteiger partial charge in [-0.1, -0.05) is 30.0 Å². The fourth-order valence-corrected chi connectivity index (χ4v) is 3.78. The monoisotopic (exact) mass is 369 g/mol. The van der Waals surface area contributed by atoms with Crippen LogP contribution in [0.3, 0.4) is 0 Å². The van der Waals surface area contributed by atoms with E-state index < -0.39 is 0 Å². The fraction of sp³-hybridized carbons (Fsp3) is 0.450. The Morgan fingerprint density at radius 1 is 1.23 bits per heavy atom. The van der Waals surface area contributed by atoms with E-state index in [9.17, 15) is 9.59 Å². The molecule has 1 heterocycles. The SMILES string of the molecule is CC(NC(=O)CSc1cc(C(=O)NC2CC2)c2ccccc2n1)C1CC1. The lowest BCUT2D eigenvalue weighted by Crippen LogP contribution is -2.35. The number of rotatable bonds is 7. The van der Waals surface area contributed by atoms with Crippen molar-refractivity contribution in [1.29, 1.82) is 0 Å². The highest BCUT2D eigenvalue weighted by molar-refractivity contribution is 7.99. The Morgan fingerprint density at radius 2 is 2.00 bits per heavy atom. The first-order valence-electron chi connectivity index (χ1n) is 9.23. The molecule has 2 aromatic rings. The smallest absolute Gasteiger partial charge is 0.252 e. The lowest BCUT2D eigenvalue weighted by atomic mass is 10.1. The summed E-state index contributed by atoms with van der Waals surface area (Å²) in [5, 5.41) is 7.65. The van der Waals surface area contributed by atoms with Crippen LogP contribution in [0.2, 0.25) is 0 Å². The van der Waals surface area contributed by atoms with Gasteiger partial charge in [0.25, 0.3) is 5.91 Å². The number of fused-ring (bicyclic) bond motifs is 1. The molecule has 0 radical (unpaired) electrons. The molecule has 1 aromatic carbocycles. The lowest BCUT2D eigenvalue weighted by Gasteiger charge is -2.13. The van der Waals surface area contributed by atoms with Crippen molar-refractivity contribution in [1.82, 2.24) is 15.6 Å². The molecule has 1 atom stereocenters. The molecule has 2 aliphatic rings. The van der Waals surface area contributed by atoms with Crippen LogP contribution in [0, 0.1) is 5.92 Å². The molecule has 26 heavy (non-hydrogen) atoms. The molecule has 0 bridgehead atoms. The number of carbonyl (C=O) groups is 2. The van der Waals surface area contributed by atoms with E-state index in [4.69, 9.17) is 0 Å². The predicted octanol–water partition coefficient (Wildman–Crippen LogP) is 3.13. The molecule has 0 saturated heterocycles. The van der Waals surface area contributed by atoms with Crippen LogP contribution in [0.25, 0.3) is 10.9 Å². The number of amides is 2. The van der Waals surface area contributed by atoms with Crippen LogP contribution >= 0.6 is 11.8 Å². The second-order valence-corrected chi connectivity index (χ2v) is 8.25. The largest absolute Gasteiger partial charge is 0.353 e. The molecule has 1 unspecified atom stereocenters. The van der Waals surface area contributed by atoms with E-state index in [0.29, 0.717) is 28.3 Å². The molecule has 2 N–H and O–H groups in total. The van der Waals surface area contributed by atoms with Gasteiger partial charge in [0.2, 0.25) is 5.91 Å². The summed E-state index contributed by atoms with van der Waals surface area (Å²) in [6.07, 6.45) is 4.52. The zero-order valence-electron chi connectivity index (χ0n) is 14.8. The third-order valence-corrected chi connectivity index (χ3v) is 5.83. The number of hydrogen-bond acceptors (Lipinski definition) is 4. The van der Waals surface area contributed by atoms with Crippen LogP contribution in [0.5, 0.6) is 0 Å². The van der Waals surface area contributed by atoms with Gasteiger partial charge in [-0.15, -0.1) is 0 Å². The normalized spacial score (nSPS) is 17.7. The van der Waals surface area contributed by atoms with E-state index in [1.165, 1.54) is 24.6 Å². The van der Waals surface area contributed by atoms with E-state index in [0.717, 1.165) is 23.7 Å². The van der Waals surface area contributed by atoms with Crippen LogP contribution in [-0.4, -0.2) is 34.6 Å². The minimum Gasteiger partial charge on any atom is -0.353 e. The molecule has 5 nitrogen and oxygen atoms in total. The van der Waals surface area contributed by atoms with Crippen LogP contribution in [-0.2, 0) is 4.79 Å². The maximum absolute atomic E-state index is 12.6. The van der Waals surface area contributed by atoms with Crippen LogP contribution in [0.15, 0.2) is 35.4 Å². The molecule has 136 valence electrons. The Hall–Kier alpha value is -2.08. The first kappa shape index (κ1) is 17.3. The van der Waals surface area contributed by atoms with Crippen molar-refractivity contribution >= 4 is 34.5 Å². The van der Waals surface area contributed by atoms with Crippen LogP contribution < -0.4 is 10.6 Å². The van der Waals surface area contributed by atoms with E-state index >= 15 is 0 Å². The van der Waals surface area contributed by atoms with Crippen molar-refractivity contribution < 1.29 is 9.59 Å². The van der Waals surface area contributed by atoms with Gasteiger partial charge < -0.3 is 10.6 Å². The zero-order chi connectivity index (χ0) is 18.1. The maximum Gasteiger partial charge on any atom is 0.252 e. The molecule has 1 aromatic heterocycles. The summed E-state index contributed by atoms with van der Waals surface area (Å²) < 4.78 is 0. The number of nitrogens with one attached hydrogen (secondary N) is 2. The molecule has 2 amide bonds. The lowest BCUT2D eigenvalue weighted by molar-refractivity contribution is -0.119. The standard InChI is InChI=1S/C20H23N3O2S/c1-12(13-6-7-13)21-18(24)11-26-19-10-16(20(25)22-14-8-9-14)15-4-2-3-5-17(15)23-19/h2-5,10,12-14H,6-9,11H2,1H3,(H,21,24)(H,22,25). The summed E-state index contributed by atoms with van der Waals surface area (Å²) in [5.74, 6) is 0.917. The zero-order valence-corrected chi connectivity index (χ0v) is 15.6. The molecule has 0 spiro atoms. The number of carbonyl (C=O) groups excluding carboxylic acids is 2. The van der Waals surface area contributed by atoms with Gasteiger partial charge in [0.15, 0.2) is 0 Å². The van der Waals surface area contributed by atoms with Crippen molar-refractivity contribution in [3.63, 3.8) is 0 Å². The van der Waals surface area contributed by atoms with Crippen molar-refractivity contribution in [2.24, 2.45) is 5.92 Å². The second-order valence-electron chi connectivity index (χ2n) is 7.26. The average Bonchev–Trinajstić information content (AvgIpc) is 3.52. The summed E-state index contributed by atoms with van der Waals surface area (Å²) in [6, 6.07) is 10.0. The number of hydrogen-bond donors (Lipinski definition) is 2. The van der Waals surface area contributed by atoms with Crippen molar-refractivity contribution in [3.8, 4) is 0 Å². The quantitative estimate of drug-likeness (QED) is 0.736. The summed E-state index contributed by atoms with van der Waals surface area (Å²) in [6.45, 7) is 2.06.